The van der Waals surface area contributed by atoms with Gasteiger partial charge >= 0.3 is 5.91 Å². The second kappa shape index (κ2) is 9.83. The van der Waals surface area contributed by atoms with Crippen molar-refractivity contribution in [1.82, 2.24) is 10.7 Å². The highest BCUT2D eigenvalue weighted by atomic mass is 35.5. The van der Waals surface area contributed by atoms with Gasteiger partial charge in [0.1, 0.15) is 11.6 Å². The van der Waals surface area contributed by atoms with E-state index in [-0.39, 0.29) is 11.5 Å². The molecule has 0 unspecified atom stereocenters. The molecule has 8 heteroatoms. The van der Waals surface area contributed by atoms with E-state index in [0.29, 0.717) is 11.6 Å². The molecule has 1 aliphatic rings. The van der Waals surface area contributed by atoms with Crippen molar-refractivity contribution in [2.24, 2.45) is 0 Å². The molecule has 168 valence electrons. The van der Waals surface area contributed by atoms with Crippen LogP contribution in [0.4, 0.5) is 4.39 Å². The van der Waals surface area contributed by atoms with E-state index in [4.69, 9.17) is 16.3 Å². The number of carbonyl (C=O) groups is 2. The second-order valence-electron chi connectivity index (χ2n) is 7.47. The van der Waals surface area contributed by atoms with Crippen LogP contribution in [0.3, 0.4) is 0 Å². The first-order valence-electron chi connectivity index (χ1n) is 10.4. The molecule has 0 aliphatic carbocycles. The Morgan fingerprint density at radius 3 is 2.39 bits per heavy atom. The molecule has 3 aromatic rings. The van der Waals surface area contributed by atoms with E-state index in [2.05, 4.69) is 10.7 Å². The molecule has 3 aromatic carbocycles. The highest BCUT2D eigenvalue weighted by Crippen LogP contribution is 2.27. The van der Waals surface area contributed by atoms with Crippen molar-refractivity contribution in [1.29, 1.82) is 0 Å². The van der Waals surface area contributed by atoms with Gasteiger partial charge in [0, 0.05) is 21.7 Å². The molecule has 2 atom stereocenters. The molecule has 1 fully saturated rings. The molecular weight excluding hydrogens is 445 g/mol. The van der Waals surface area contributed by atoms with Crippen molar-refractivity contribution < 1.29 is 23.4 Å². The lowest BCUT2D eigenvalue weighted by Gasteiger charge is -2.15. The van der Waals surface area contributed by atoms with E-state index in [0.717, 1.165) is 16.9 Å². The minimum atomic E-state index is -0.886. The van der Waals surface area contributed by atoms with Gasteiger partial charge in [-0.3, -0.25) is 9.59 Å². The van der Waals surface area contributed by atoms with Crippen LogP contribution in [0.1, 0.15) is 34.5 Å². The average Bonchev–Trinajstić information content (AvgIpc) is 3.10. The molecule has 1 heterocycles. The normalized spacial score (nSPS) is 18.8. The predicted molar refractivity (Wildman–Crippen MR) is 123 cm³/mol. The van der Waals surface area contributed by atoms with E-state index >= 15 is 0 Å². The van der Waals surface area contributed by atoms with Crippen molar-refractivity contribution in [2.45, 2.75) is 19.0 Å². The number of nitrogens with zero attached hydrogens (tertiary/aromatic N) is 1. The molecule has 1 aliphatic heterocycles. The first-order valence-corrected chi connectivity index (χ1v) is 10.8. The fraction of sp³-hybridized carbons (Fsp3) is 0.160. The topological polar surface area (TPSA) is 70.4 Å². The third kappa shape index (κ3) is 5.21. The Morgan fingerprint density at radius 1 is 1.09 bits per heavy atom. The molecule has 2 N–H and O–H groups in total. The minimum absolute atomic E-state index is 0.257. The summed E-state index contributed by atoms with van der Waals surface area (Å²) in [6, 6.07) is 18.2. The lowest BCUT2D eigenvalue weighted by Crippen LogP contribution is -2.42. The number of ether oxygens (including phenoxy) is 1. The Morgan fingerprint density at radius 2 is 1.76 bits per heavy atom. The van der Waals surface area contributed by atoms with Crippen LogP contribution in [-0.2, 0) is 4.79 Å². The number of halogens is 2. The number of hydrogen-bond acceptors (Lipinski definition) is 3. The highest BCUT2D eigenvalue weighted by molar-refractivity contribution is 6.30. The van der Waals surface area contributed by atoms with Crippen molar-refractivity contribution >= 4 is 29.6 Å². The molecule has 6 nitrogen and oxygen atoms in total. The van der Waals surface area contributed by atoms with E-state index in [9.17, 15) is 14.0 Å². The molecule has 2 amide bonds. The SMILES string of the molecule is CCOc1ccc(/C=[N+]2\NC(=O)[C@@H](NC(=O)c3ccc(F)cc3)[C@H]2c2ccc(Cl)cc2)cc1. The fourth-order valence-electron chi connectivity index (χ4n) is 3.64. The number of nitrogens with one attached hydrogen (secondary N) is 2. The molecule has 0 saturated carbocycles. The summed E-state index contributed by atoms with van der Waals surface area (Å²) < 4.78 is 20.4. The quantitative estimate of drug-likeness (QED) is 0.541. The third-order valence-corrected chi connectivity index (χ3v) is 5.47. The van der Waals surface area contributed by atoms with Crippen LogP contribution in [0.25, 0.3) is 0 Å². The summed E-state index contributed by atoms with van der Waals surface area (Å²) in [5.74, 6) is -0.538. The highest BCUT2D eigenvalue weighted by Gasteiger charge is 2.47. The predicted octanol–water partition coefficient (Wildman–Crippen LogP) is 3.89. The summed E-state index contributed by atoms with van der Waals surface area (Å²) >= 11 is 6.05. The second-order valence-corrected chi connectivity index (χ2v) is 7.91. The van der Waals surface area contributed by atoms with Gasteiger partial charge in [0.05, 0.1) is 6.61 Å². The van der Waals surface area contributed by atoms with E-state index in [1.54, 1.807) is 23.0 Å². The molecule has 0 spiro atoms. The zero-order valence-corrected chi connectivity index (χ0v) is 18.6. The van der Waals surface area contributed by atoms with Gasteiger partial charge in [0.25, 0.3) is 5.91 Å². The van der Waals surface area contributed by atoms with Gasteiger partial charge in [-0.2, -0.15) is 0 Å². The lowest BCUT2D eigenvalue weighted by molar-refractivity contribution is -0.596. The van der Waals surface area contributed by atoms with Crippen molar-refractivity contribution in [2.75, 3.05) is 6.61 Å². The molecular formula is C25H22ClFN3O3+. The Bertz CT molecular complexity index is 1180. The Balaban J connectivity index is 1.66. The van der Waals surface area contributed by atoms with Gasteiger partial charge in [-0.15, -0.1) is 10.1 Å². The smallest absolute Gasteiger partial charge is 0.304 e. The summed E-state index contributed by atoms with van der Waals surface area (Å²) in [6.45, 7) is 2.48. The molecule has 33 heavy (non-hydrogen) atoms. The van der Waals surface area contributed by atoms with Gasteiger partial charge in [-0.25, -0.2) is 4.39 Å². The first-order chi connectivity index (χ1) is 15.9. The number of benzene rings is 3. The largest absolute Gasteiger partial charge is 0.494 e. The monoisotopic (exact) mass is 466 g/mol. The maximum absolute atomic E-state index is 13.2. The van der Waals surface area contributed by atoms with Crippen LogP contribution in [0.2, 0.25) is 5.02 Å². The van der Waals surface area contributed by atoms with Crippen LogP contribution in [0, 0.1) is 5.82 Å². The maximum atomic E-state index is 13.2. The van der Waals surface area contributed by atoms with Gasteiger partial charge in [-0.1, -0.05) is 23.7 Å². The zero-order valence-electron chi connectivity index (χ0n) is 17.8. The first kappa shape index (κ1) is 22.5. The van der Waals surface area contributed by atoms with Crippen LogP contribution >= 0.6 is 11.6 Å². The maximum Gasteiger partial charge on any atom is 0.304 e. The minimum Gasteiger partial charge on any atom is -0.494 e. The van der Waals surface area contributed by atoms with Crippen LogP contribution in [0.15, 0.2) is 72.8 Å². The van der Waals surface area contributed by atoms with Crippen molar-refractivity contribution in [3.63, 3.8) is 0 Å². The number of hydrazine groups is 1. The summed E-state index contributed by atoms with van der Waals surface area (Å²) in [7, 11) is 0. The van der Waals surface area contributed by atoms with Gasteiger partial charge in [0.2, 0.25) is 12.3 Å². The Kier molecular flexibility index (Phi) is 6.70. The van der Waals surface area contributed by atoms with E-state index in [1.807, 2.05) is 43.3 Å². The van der Waals surface area contributed by atoms with Crippen molar-refractivity contribution in [3.05, 3.63) is 100 Å². The summed E-state index contributed by atoms with van der Waals surface area (Å²) in [5, 5.41) is 3.34. The van der Waals surface area contributed by atoms with E-state index in [1.165, 1.54) is 24.3 Å². The Labute approximate surface area is 195 Å². The molecule has 0 aromatic heterocycles. The van der Waals surface area contributed by atoms with Crippen LogP contribution < -0.4 is 15.5 Å². The van der Waals surface area contributed by atoms with Gasteiger partial charge in [-0.05, 0) is 67.6 Å². The number of hydrazone groups is 1. The Hall–Kier alpha value is -3.71. The number of rotatable bonds is 6. The number of hydrogen-bond donors (Lipinski definition) is 2. The van der Waals surface area contributed by atoms with E-state index < -0.39 is 23.8 Å². The number of amides is 2. The average molecular weight is 467 g/mol. The summed E-state index contributed by atoms with van der Waals surface area (Å²) in [5.41, 5.74) is 4.70. The van der Waals surface area contributed by atoms with Gasteiger partial charge in [0.15, 0.2) is 6.04 Å². The molecule has 0 radical (unpaired) electrons. The van der Waals surface area contributed by atoms with Gasteiger partial charge < -0.3 is 10.1 Å². The zero-order chi connectivity index (χ0) is 23.4. The van der Waals surface area contributed by atoms with Crippen LogP contribution in [0.5, 0.6) is 5.75 Å². The molecule has 1 saturated heterocycles. The van der Waals surface area contributed by atoms with Crippen molar-refractivity contribution in [3.8, 4) is 5.75 Å². The van der Waals surface area contributed by atoms with Crippen LogP contribution in [-0.4, -0.2) is 35.4 Å². The third-order valence-electron chi connectivity index (χ3n) is 5.22. The lowest BCUT2D eigenvalue weighted by atomic mass is 9.99. The standard InChI is InChI=1S/C25H21ClFN3O3/c1-2-33-21-13-3-16(4-14-21)15-30-23(17-5-9-19(26)10-6-17)22(25(32)29-30)28-24(31)18-7-11-20(27)12-8-18/h3-15,22-23H,2H2,1H3,(H-,28,29,31,32)/p+1/b30-15-/t22-,23+/m0/s1. The number of carbonyl (C=O) groups excluding carboxylic acids is 2. The summed E-state index contributed by atoms with van der Waals surface area (Å²) in [6.07, 6.45) is 1.79. The summed E-state index contributed by atoms with van der Waals surface area (Å²) in [4.78, 5) is 25.7. The molecule has 0 bridgehead atoms. The fourth-order valence-corrected chi connectivity index (χ4v) is 3.77. The molecule has 4 rings (SSSR count).